The van der Waals surface area contributed by atoms with Crippen LogP contribution in [0.3, 0.4) is 0 Å². The van der Waals surface area contributed by atoms with Gasteiger partial charge in [0.15, 0.2) is 0 Å². The van der Waals surface area contributed by atoms with Crippen LogP contribution in [-0.2, 0) is 46.7 Å². The fourth-order valence-electron chi connectivity index (χ4n) is 6.84. The molecule has 0 fully saturated rings. The lowest BCUT2D eigenvalue weighted by Crippen LogP contribution is -2.41. The van der Waals surface area contributed by atoms with Crippen molar-refractivity contribution in [1.82, 2.24) is 9.80 Å². The molecule has 57 heavy (non-hydrogen) atoms. The molecule has 14 heteroatoms. The van der Waals surface area contributed by atoms with Gasteiger partial charge in [0, 0.05) is 55.3 Å². The van der Waals surface area contributed by atoms with E-state index in [0.29, 0.717) is 61.1 Å². The van der Waals surface area contributed by atoms with Crippen molar-refractivity contribution in [3.05, 3.63) is 117 Å². The molecule has 3 amide bonds. The smallest absolute Gasteiger partial charge is 0.335 e. The van der Waals surface area contributed by atoms with E-state index in [-0.39, 0.29) is 54.6 Å². The number of rotatable bonds is 19. The molecule has 1 aliphatic rings. The number of hydrogen-bond donors (Lipinski definition) is 4. The molecule has 4 N–H and O–H groups in total. The lowest BCUT2D eigenvalue weighted by Gasteiger charge is -2.32. The van der Waals surface area contributed by atoms with E-state index in [0.717, 1.165) is 52.8 Å². The zero-order valence-electron chi connectivity index (χ0n) is 32.5. The Balaban J connectivity index is 0.00000720. The van der Waals surface area contributed by atoms with Crippen LogP contribution in [0.1, 0.15) is 97.7 Å². The predicted molar refractivity (Wildman–Crippen MR) is 224 cm³/mol. The zero-order chi connectivity index (χ0) is 40.2. The SMILES string of the molecule is CCC(CC)N(CCN(C)C(=O)CCC(=O)O)Cc1cccc(C(=O)Nc2sc3c(c2C(=O)Nc2ccc(CCc4ccc(C(=O)O)cc4)cc2)CCOC3)c1.Cl. The van der Waals surface area contributed by atoms with Crippen molar-refractivity contribution in [2.75, 3.05) is 37.4 Å². The highest BCUT2D eigenvalue weighted by Gasteiger charge is 2.27. The van der Waals surface area contributed by atoms with Gasteiger partial charge in [0.25, 0.3) is 11.8 Å². The number of carbonyl (C=O) groups is 5. The number of aromatic carboxylic acids is 1. The topological polar surface area (TPSA) is 166 Å². The number of benzene rings is 3. The Morgan fingerprint density at radius 1 is 0.807 bits per heavy atom. The molecule has 2 heterocycles. The van der Waals surface area contributed by atoms with Gasteiger partial charge < -0.3 is 30.5 Å². The molecule has 12 nitrogen and oxygen atoms in total. The Morgan fingerprint density at radius 3 is 2.11 bits per heavy atom. The van der Waals surface area contributed by atoms with Crippen LogP contribution >= 0.6 is 23.7 Å². The second-order valence-corrected chi connectivity index (χ2v) is 15.1. The first kappa shape index (κ1) is 44.6. The molecule has 0 saturated carbocycles. The number of likely N-dealkylation sites (N-methyl/N-ethyl adjacent to an activating group) is 1. The van der Waals surface area contributed by atoms with E-state index in [1.165, 1.54) is 11.3 Å². The molecular weight excluding hydrogens is 768 g/mol. The van der Waals surface area contributed by atoms with Gasteiger partial charge in [-0.15, -0.1) is 23.7 Å². The van der Waals surface area contributed by atoms with Crippen LogP contribution in [0.25, 0.3) is 0 Å². The zero-order valence-corrected chi connectivity index (χ0v) is 34.2. The van der Waals surface area contributed by atoms with Crippen LogP contribution in [0.4, 0.5) is 10.7 Å². The third kappa shape index (κ3) is 12.5. The van der Waals surface area contributed by atoms with E-state index >= 15 is 0 Å². The molecule has 3 aromatic carbocycles. The molecule has 0 atom stereocenters. The average molecular weight is 819 g/mol. The van der Waals surface area contributed by atoms with Gasteiger partial charge in [0.1, 0.15) is 5.00 Å². The number of nitrogens with one attached hydrogen (secondary N) is 2. The third-order valence-electron chi connectivity index (χ3n) is 10.1. The van der Waals surface area contributed by atoms with Crippen LogP contribution in [0.5, 0.6) is 0 Å². The van der Waals surface area contributed by atoms with Crippen molar-refractivity contribution >= 4 is 64.1 Å². The van der Waals surface area contributed by atoms with Gasteiger partial charge in [-0.2, -0.15) is 0 Å². The minimum absolute atomic E-state index is 0. The Bertz CT molecular complexity index is 2010. The number of aryl methyl sites for hydroxylation is 2. The van der Waals surface area contributed by atoms with Crippen LogP contribution in [0, 0.1) is 0 Å². The summed E-state index contributed by atoms with van der Waals surface area (Å²) in [6.07, 6.45) is 3.62. The summed E-state index contributed by atoms with van der Waals surface area (Å²) in [5, 5.41) is 24.6. The first-order valence-electron chi connectivity index (χ1n) is 19.0. The fourth-order valence-corrected chi connectivity index (χ4v) is 8.01. The fraction of sp³-hybridized carbons (Fsp3) is 0.372. The minimum atomic E-state index is -0.999. The van der Waals surface area contributed by atoms with E-state index in [9.17, 15) is 24.0 Å². The Hall–Kier alpha value is -5.08. The number of carbonyl (C=O) groups excluding carboxylic acids is 3. The van der Waals surface area contributed by atoms with Crippen LogP contribution in [0.2, 0.25) is 0 Å². The molecule has 304 valence electrons. The molecule has 0 saturated heterocycles. The summed E-state index contributed by atoms with van der Waals surface area (Å²) in [6, 6.07) is 22.1. The summed E-state index contributed by atoms with van der Waals surface area (Å²) < 4.78 is 5.69. The molecular formula is C43H51ClN4O8S. The number of amides is 3. The summed E-state index contributed by atoms with van der Waals surface area (Å²) in [6.45, 7) is 6.68. The maximum absolute atomic E-state index is 13.9. The summed E-state index contributed by atoms with van der Waals surface area (Å²) in [5.74, 6) is -2.81. The molecule has 5 rings (SSSR count). The number of anilines is 2. The van der Waals surface area contributed by atoms with E-state index in [4.69, 9.17) is 14.9 Å². The number of hydrogen-bond acceptors (Lipinski definition) is 8. The monoisotopic (exact) mass is 818 g/mol. The maximum Gasteiger partial charge on any atom is 0.335 e. The maximum atomic E-state index is 13.9. The number of fused-ring (bicyclic) bond motifs is 1. The largest absolute Gasteiger partial charge is 0.481 e. The van der Waals surface area contributed by atoms with Crippen molar-refractivity contribution in [2.45, 2.75) is 78.0 Å². The van der Waals surface area contributed by atoms with Gasteiger partial charge in [0.2, 0.25) is 5.91 Å². The van der Waals surface area contributed by atoms with Crippen LogP contribution < -0.4 is 10.6 Å². The van der Waals surface area contributed by atoms with Crippen molar-refractivity contribution in [3.8, 4) is 0 Å². The Morgan fingerprint density at radius 2 is 1.47 bits per heavy atom. The number of carboxylic acids is 2. The lowest BCUT2D eigenvalue weighted by molar-refractivity contribution is -0.140. The van der Waals surface area contributed by atoms with E-state index < -0.39 is 11.9 Å². The summed E-state index contributed by atoms with van der Waals surface area (Å²) in [4.78, 5) is 67.0. The molecule has 1 aliphatic heterocycles. The van der Waals surface area contributed by atoms with E-state index in [2.05, 4.69) is 29.4 Å². The van der Waals surface area contributed by atoms with Gasteiger partial charge in [-0.3, -0.25) is 24.1 Å². The van der Waals surface area contributed by atoms with Crippen LogP contribution in [0.15, 0.2) is 72.8 Å². The highest BCUT2D eigenvalue weighted by molar-refractivity contribution is 7.17. The quantitative estimate of drug-likeness (QED) is 0.0748. The number of thiophene rings is 1. The number of halogens is 1. The molecule has 1 aromatic heterocycles. The van der Waals surface area contributed by atoms with Gasteiger partial charge in [-0.25, -0.2) is 4.79 Å². The molecule has 0 bridgehead atoms. The molecule has 0 unspecified atom stereocenters. The van der Waals surface area contributed by atoms with Crippen molar-refractivity contribution < 1.29 is 38.9 Å². The second kappa shape index (κ2) is 21.4. The third-order valence-corrected chi connectivity index (χ3v) is 11.2. The van der Waals surface area contributed by atoms with Crippen molar-refractivity contribution in [3.63, 3.8) is 0 Å². The number of carboxylic acid groups (broad SMARTS) is 2. The molecule has 0 aliphatic carbocycles. The van der Waals surface area contributed by atoms with Gasteiger partial charge in [0.05, 0.1) is 30.8 Å². The van der Waals surface area contributed by atoms with Gasteiger partial charge >= 0.3 is 11.9 Å². The van der Waals surface area contributed by atoms with Crippen LogP contribution in [-0.4, -0.2) is 82.5 Å². The molecule has 4 aromatic rings. The predicted octanol–water partition coefficient (Wildman–Crippen LogP) is 7.54. The Labute approximate surface area is 343 Å². The highest BCUT2D eigenvalue weighted by atomic mass is 35.5. The standard InChI is InChI=1S/C43H50N4O8S.ClH/c1-4-34(5-2)47(23-22-46(3)37(48)19-20-38(49)50)26-30-7-6-8-32(25-30)40(51)45-42-39(35-21-24-55-27-36(35)56-42)41(52)44-33-17-13-29(14-18-33)10-9-28-11-15-31(16-12-28)43(53)54;/h6-8,11-18,25,34H,4-5,9-10,19-24,26-27H2,1-3H3,(H,44,52)(H,45,51)(H,49,50)(H,53,54);1H. The molecule has 0 radical (unpaired) electrons. The normalized spacial score (nSPS) is 12.1. The first-order valence-corrected chi connectivity index (χ1v) is 19.8. The van der Waals surface area contributed by atoms with E-state index in [1.54, 1.807) is 30.1 Å². The molecule has 0 spiro atoms. The highest BCUT2D eigenvalue weighted by Crippen LogP contribution is 2.37. The van der Waals surface area contributed by atoms with Gasteiger partial charge in [-0.1, -0.05) is 50.2 Å². The summed E-state index contributed by atoms with van der Waals surface area (Å²) in [7, 11) is 1.69. The summed E-state index contributed by atoms with van der Waals surface area (Å²) >= 11 is 1.35. The number of ether oxygens (including phenoxy) is 1. The second-order valence-electron chi connectivity index (χ2n) is 14.0. The Kier molecular flexibility index (Phi) is 16.8. The van der Waals surface area contributed by atoms with Crippen molar-refractivity contribution in [1.29, 1.82) is 0 Å². The van der Waals surface area contributed by atoms with E-state index in [1.807, 2.05) is 54.6 Å². The number of nitrogens with zero attached hydrogens (tertiary/aromatic N) is 2. The first-order chi connectivity index (χ1) is 26.9. The van der Waals surface area contributed by atoms with Crippen molar-refractivity contribution in [2.24, 2.45) is 0 Å². The number of aliphatic carboxylic acids is 1. The average Bonchev–Trinajstić information content (AvgIpc) is 3.57. The lowest BCUT2D eigenvalue weighted by atomic mass is 10.0. The summed E-state index contributed by atoms with van der Waals surface area (Å²) in [5.41, 5.74) is 5.69. The minimum Gasteiger partial charge on any atom is -0.481 e. The van der Waals surface area contributed by atoms with Gasteiger partial charge in [-0.05, 0) is 90.8 Å².